The van der Waals surface area contributed by atoms with Crippen LogP contribution in [0.3, 0.4) is 0 Å². The van der Waals surface area contributed by atoms with Crippen LogP contribution in [-0.4, -0.2) is 19.7 Å². The second-order valence-electron chi connectivity index (χ2n) is 5.95. The zero-order valence-electron chi connectivity index (χ0n) is 14.7. The maximum Gasteiger partial charge on any atom is 0.121 e. The van der Waals surface area contributed by atoms with Gasteiger partial charge >= 0.3 is 0 Å². The summed E-state index contributed by atoms with van der Waals surface area (Å²) in [5.41, 5.74) is 1.97. The quantitative estimate of drug-likeness (QED) is 0.437. The molecule has 5 heteroatoms. The molecule has 0 saturated carbocycles. The highest BCUT2D eigenvalue weighted by atomic mass is 35.5. The fourth-order valence-corrected chi connectivity index (χ4v) is 3.01. The molecule has 0 radical (unpaired) electrons. The van der Waals surface area contributed by atoms with Gasteiger partial charge in [-0.25, -0.2) is 0 Å². The van der Waals surface area contributed by atoms with Crippen LogP contribution in [0.25, 0.3) is 0 Å². The molecule has 0 aliphatic heterocycles. The van der Waals surface area contributed by atoms with Crippen molar-refractivity contribution >= 4 is 34.6 Å². The molecule has 2 aromatic rings. The first kappa shape index (κ1) is 19.7. The van der Waals surface area contributed by atoms with Gasteiger partial charge < -0.3 is 15.4 Å². The number of rotatable bonds is 11. The van der Waals surface area contributed by atoms with Crippen LogP contribution in [0, 0.1) is 0 Å². The molecule has 0 spiro atoms. The third-order valence-electron chi connectivity index (χ3n) is 3.75. The molecule has 0 aliphatic carbocycles. The third kappa shape index (κ3) is 7.89. The van der Waals surface area contributed by atoms with E-state index in [1.807, 2.05) is 36.4 Å². The van der Waals surface area contributed by atoms with Crippen LogP contribution in [0.15, 0.2) is 42.5 Å². The van der Waals surface area contributed by atoms with E-state index in [-0.39, 0.29) is 0 Å². The minimum Gasteiger partial charge on any atom is -0.494 e. The van der Waals surface area contributed by atoms with Crippen LogP contribution < -0.4 is 15.4 Å². The number of hydrogen-bond acceptors (Lipinski definition) is 3. The summed E-state index contributed by atoms with van der Waals surface area (Å²) in [6.07, 6.45) is 4.86. The Balaban J connectivity index is 1.70. The Morgan fingerprint density at radius 3 is 2.28 bits per heavy atom. The zero-order valence-corrected chi connectivity index (χ0v) is 16.2. The van der Waals surface area contributed by atoms with Gasteiger partial charge in [-0.05, 0) is 36.8 Å². The molecule has 0 amide bonds. The second kappa shape index (κ2) is 11.1. The number of benzene rings is 2. The lowest BCUT2D eigenvalue weighted by Crippen LogP contribution is -2.13. The number of halogens is 2. The van der Waals surface area contributed by atoms with Crippen LogP contribution in [0.4, 0.5) is 11.4 Å². The predicted molar refractivity (Wildman–Crippen MR) is 110 cm³/mol. The summed E-state index contributed by atoms with van der Waals surface area (Å²) in [7, 11) is 0. The van der Waals surface area contributed by atoms with E-state index in [1.165, 1.54) is 19.3 Å². The molecule has 2 N–H and O–H groups in total. The summed E-state index contributed by atoms with van der Waals surface area (Å²) >= 11 is 12.0. The van der Waals surface area contributed by atoms with Crippen LogP contribution in [0.2, 0.25) is 10.0 Å². The molecule has 0 aliphatic rings. The van der Waals surface area contributed by atoms with Crippen molar-refractivity contribution in [2.75, 3.05) is 30.3 Å². The van der Waals surface area contributed by atoms with E-state index >= 15 is 0 Å². The van der Waals surface area contributed by atoms with Gasteiger partial charge in [0.1, 0.15) is 5.75 Å². The van der Waals surface area contributed by atoms with E-state index in [4.69, 9.17) is 27.9 Å². The Morgan fingerprint density at radius 2 is 1.56 bits per heavy atom. The van der Waals surface area contributed by atoms with E-state index in [2.05, 4.69) is 17.6 Å². The molecule has 2 rings (SSSR count). The molecule has 25 heavy (non-hydrogen) atoms. The Bertz CT molecular complexity index is 629. The van der Waals surface area contributed by atoms with Crippen molar-refractivity contribution in [1.29, 1.82) is 0 Å². The monoisotopic (exact) mass is 380 g/mol. The maximum absolute atomic E-state index is 5.99. The molecule has 0 saturated heterocycles. The van der Waals surface area contributed by atoms with Crippen molar-refractivity contribution < 1.29 is 4.74 Å². The highest BCUT2D eigenvalue weighted by molar-refractivity contribution is 6.35. The van der Waals surface area contributed by atoms with Crippen LogP contribution in [0.5, 0.6) is 5.75 Å². The SMILES string of the molecule is CCCCCCOc1cccc(NCCNc2cc(Cl)cc(Cl)c2)c1. The molecule has 0 unspecified atom stereocenters. The lowest BCUT2D eigenvalue weighted by molar-refractivity contribution is 0.305. The molecule has 0 aromatic heterocycles. The van der Waals surface area contributed by atoms with E-state index in [0.29, 0.717) is 10.0 Å². The third-order valence-corrected chi connectivity index (χ3v) is 4.18. The van der Waals surface area contributed by atoms with E-state index in [9.17, 15) is 0 Å². The average Bonchev–Trinajstić information content (AvgIpc) is 2.58. The predicted octanol–water partition coefficient (Wildman–Crippen LogP) is 6.48. The number of anilines is 2. The van der Waals surface area contributed by atoms with E-state index < -0.39 is 0 Å². The molecular weight excluding hydrogens is 355 g/mol. The summed E-state index contributed by atoms with van der Waals surface area (Å²) in [5, 5.41) is 7.95. The number of ether oxygens (including phenoxy) is 1. The highest BCUT2D eigenvalue weighted by Gasteiger charge is 1.99. The van der Waals surface area contributed by atoms with Crippen molar-refractivity contribution in [1.82, 2.24) is 0 Å². The van der Waals surface area contributed by atoms with Gasteiger partial charge in [0.25, 0.3) is 0 Å². The van der Waals surface area contributed by atoms with Gasteiger partial charge in [-0.2, -0.15) is 0 Å². The standard InChI is InChI=1S/C20H26Cl2N2O/c1-2-3-4-5-11-25-20-8-6-7-18(15-20)23-9-10-24-19-13-16(21)12-17(22)14-19/h6-8,12-15,23-24H,2-5,9-11H2,1H3. The Morgan fingerprint density at radius 1 is 0.840 bits per heavy atom. The Kier molecular flexibility index (Phi) is 8.78. The second-order valence-corrected chi connectivity index (χ2v) is 6.82. The first-order valence-corrected chi connectivity index (χ1v) is 9.59. The smallest absolute Gasteiger partial charge is 0.121 e. The topological polar surface area (TPSA) is 33.3 Å². The normalized spacial score (nSPS) is 10.5. The number of unbranched alkanes of at least 4 members (excludes halogenated alkanes) is 3. The first-order chi connectivity index (χ1) is 12.2. The van der Waals surface area contributed by atoms with Gasteiger partial charge in [-0.1, -0.05) is 55.5 Å². The Labute approximate surface area is 160 Å². The van der Waals surface area contributed by atoms with Gasteiger partial charge in [0.05, 0.1) is 6.61 Å². The summed E-state index contributed by atoms with van der Waals surface area (Å²) in [4.78, 5) is 0. The van der Waals surface area contributed by atoms with Crippen LogP contribution in [0.1, 0.15) is 32.6 Å². The summed E-state index contributed by atoms with van der Waals surface area (Å²) in [6, 6.07) is 13.5. The Hall–Kier alpha value is -1.58. The number of nitrogens with one attached hydrogen (secondary N) is 2. The minimum atomic E-state index is 0.631. The van der Waals surface area contributed by atoms with Crippen LogP contribution in [-0.2, 0) is 0 Å². The molecule has 0 bridgehead atoms. The summed E-state index contributed by atoms with van der Waals surface area (Å²) in [5.74, 6) is 0.913. The molecule has 0 fully saturated rings. The first-order valence-electron chi connectivity index (χ1n) is 8.84. The lowest BCUT2D eigenvalue weighted by atomic mass is 10.2. The molecule has 0 atom stereocenters. The highest BCUT2D eigenvalue weighted by Crippen LogP contribution is 2.22. The van der Waals surface area contributed by atoms with Crippen molar-refractivity contribution in [2.45, 2.75) is 32.6 Å². The molecule has 0 heterocycles. The van der Waals surface area contributed by atoms with Crippen molar-refractivity contribution in [3.63, 3.8) is 0 Å². The summed E-state index contributed by atoms with van der Waals surface area (Å²) in [6.45, 7) is 4.54. The molecule has 136 valence electrons. The lowest BCUT2D eigenvalue weighted by Gasteiger charge is -2.11. The fraction of sp³-hybridized carbons (Fsp3) is 0.400. The fourth-order valence-electron chi connectivity index (χ4n) is 2.48. The molecule has 3 nitrogen and oxygen atoms in total. The van der Waals surface area contributed by atoms with E-state index in [1.54, 1.807) is 6.07 Å². The summed E-state index contributed by atoms with van der Waals surface area (Å²) < 4.78 is 5.81. The van der Waals surface area contributed by atoms with Crippen molar-refractivity contribution in [3.8, 4) is 5.75 Å². The van der Waals surface area contributed by atoms with Crippen molar-refractivity contribution in [2.24, 2.45) is 0 Å². The van der Waals surface area contributed by atoms with Gasteiger partial charge in [-0.3, -0.25) is 0 Å². The van der Waals surface area contributed by atoms with Gasteiger partial charge in [0.15, 0.2) is 0 Å². The van der Waals surface area contributed by atoms with E-state index in [0.717, 1.165) is 43.2 Å². The largest absolute Gasteiger partial charge is 0.494 e. The maximum atomic E-state index is 5.99. The minimum absolute atomic E-state index is 0.631. The molecule has 2 aromatic carbocycles. The average molecular weight is 381 g/mol. The number of hydrogen-bond donors (Lipinski definition) is 2. The van der Waals surface area contributed by atoms with Gasteiger partial charge in [0, 0.05) is 40.6 Å². The van der Waals surface area contributed by atoms with Gasteiger partial charge in [-0.15, -0.1) is 0 Å². The van der Waals surface area contributed by atoms with Gasteiger partial charge in [0.2, 0.25) is 0 Å². The molecular formula is C20H26Cl2N2O. The zero-order chi connectivity index (χ0) is 17.9. The van der Waals surface area contributed by atoms with Crippen molar-refractivity contribution in [3.05, 3.63) is 52.5 Å². The van der Waals surface area contributed by atoms with Crippen LogP contribution >= 0.6 is 23.2 Å².